The molecule has 1 atom stereocenters. The van der Waals surface area contributed by atoms with Crippen LogP contribution in [0.25, 0.3) is 5.57 Å². The Morgan fingerprint density at radius 2 is 2.21 bits per heavy atom. The lowest BCUT2D eigenvalue weighted by Gasteiger charge is -2.32. The van der Waals surface area contributed by atoms with E-state index in [4.69, 9.17) is 0 Å². The van der Waals surface area contributed by atoms with E-state index in [-0.39, 0.29) is 17.6 Å². The monoisotopic (exact) mass is 324 g/mol. The molecule has 2 aromatic rings. The molecule has 1 unspecified atom stereocenters. The Morgan fingerprint density at radius 1 is 1.29 bits per heavy atom. The average molecular weight is 324 g/mol. The number of carbonyl (C=O) groups is 1. The normalized spacial score (nSPS) is 20.4. The lowest BCUT2D eigenvalue weighted by atomic mass is 9.95. The van der Waals surface area contributed by atoms with Crippen LogP contribution in [0, 0.1) is 0 Å². The van der Waals surface area contributed by atoms with Crippen molar-refractivity contribution in [3.8, 4) is 5.75 Å². The minimum atomic E-state index is -0.190. The summed E-state index contributed by atoms with van der Waals surface area (Å²) in [6.07, 6.45) is 6.50. The van der Waals surface area contributed by atoms with Crippen molar-refractivity contribution in [2.45, 2.75) is 31.7 Å². The summed E-state index contributed by atoms with van der Waals surface area (Å²) in [6.45, 7) is 2.19. The molecule has 1 aromatic carbocycles. The Morgan fingerprint density at radius 3 is 3.08 bits per heavy atom. The number of aromatic hydroxyl groups is 1. The van der Waals surface area contributed by atoms with E-state index < -0.39 is 0 Å². The molecule has 0 bridgehead atoms. The van der Waals surface area contributed by atoms with Crippen molar-refractivity contribution in [3.63, 3.8) is 0 Å². The predicted octanol–water partition coefficient (Wildman–Crippen LogP) is 2.18. The number of aromatic nitrogens is 3. The molecule has 6 heteroatoms. The van der Waals surface area contributed by atoms with E-state index in [0.29, 0.717) is 6.54 Å². The highest BCUT2D eigenvalue weighted by atomic mass is 16.3. The second-order valence-corrected chi connectivity index (χ2v) is 6.41. The summed E-state index contributed by atoms with van der Waals surface area (Å²) in [4.78, 5) is 14.9. The van der Waals surface area contributed by atoms with Gasteiger partial charge in [-0.3, -0.25) is 4.79 Å². The van der Waals surface area contributed by atoms with Gasteiger partial charge in [-0.1, -0.05) is 18.2 Å². The number of benzene rings is 1. The van der Waals surface area contributed by atoms with Crippen LogP contribution in [-0.2, 0) is 11.3 Å². The SMILES string of the molecule is O=C(C1CCCn2cnnc21)N1CCC=C(c2cccc(O)c2)C1. The molecule has 6 nitrogen and oxygen atoms in total. The van der Waals surface area contributed by atoms with Crippen molar-refractivity contribution in [3.05, 3.63) is 48.1 Å². The van der Waals surface area contributed by atoms with Gasteiger partial charge in [0.25, 0.3) is 0 Å². The van der Waals surface area contributed by atoms with Crippen LogP contribution in [0.5, 0.6) is 5.75 Å². The van der Waals surface area contributed by atoms with Crippen LogP contribution in [0.2, 0.25) is 0 Å². The number of carbonyl (C=O) groups excluding carboxylic acids is 1. The summed E-state index contributed by atoms with van der Waals surface area (Å²) < 4.78 is 1.99. The van der Waals surface area contributed by atoms with Gasteiger partial charge >= 0.3 is 0 Å². The van der Waals surface area contributed by atoms with Crippen LogP contribution in [0.4, 0.5) is 0 Å². The Balaban J connectivity index is 1.54. The first-order valence-electron chi connectivity index (χ1n) is 8.37. The van der Waals surface area contributed by atoms with Gasteiger partial charge in [0.1, 0.15) is 17.9 Å². The van der Waals surface area contributed by atoms with E-state index in [0.717, 1.165) is 49.3 Å². The molecule has 1 aromatic heterocycles. The molecule has 0 aliphatic carbocycles. The summed E-state index contributed by atoms with van der Waals surface area (Å²) in [7, 11) is 0. The molecular weight excluding hydrogens is 304 g/mol. The number of phenolic OH excluding ortho intramolecular Hbond substituents is 1. The van der Waals surface area contributed by atoms with Crippen molar-refractivity contribution in [2.75, 3.05) is 13.1 Å². The van der Waals surface area contributed by atoms with Crippen molar-refractivity contribution in [1.82, 2.24) is 19.7 Å². The third-order valence-corrected chi connectivity index (χ3v) is 4.83. The molecule has 0 saturated carbocycles. The van der Waals surface area contributed by atoms with Gasteiger partial charge in [-0.15, -0.1) is 10.2 Å². The first kappa shape index (κ1) is 14.9. The zero-order valence-electron chi connectivity index (χ0n) is 13.4. The Hall–Kier alpha value is -2.63. The molecule has 1 amide bonds. The largest absolute Gasteiger partial charge is 0.508 e. The standard InChI is InChI=1S/C18H20N4O2/c23-15-6-1-4-13(10-15)14-5-2-8-21(11-14)18(24)16-7-3-9-22-12-19-20-17(16)22/h1,4-6,10,12,16,23H,2-3,7-9,11H2. The first-order chi connectivity index (χ1) is 11.7. The maximum atomic E-state index is 13.0. The summed E-state index contributed by atoms with van der Waals surface area (Å²) in [5.74, 6) is 0.983. The van der Waals surface area contributed by atoms with Gasteiger partial charge in [-0.05, 0) is 42.5 Å². The molecule has 0 fully saturated rings. The summed E-state index contributed by atoms with van der Waals surface area (Å²) in [6, 6.07) is 7.20. The number of phenols is 1. The lowest BCUT2D eigenvalue weighted by Crippen LogP contribution is -2.40. The van der Waals surface area contributed by atoms with Crippen molar-refractivity contribution < 1.29 is 9.90 Å². The Labute approximate surface area is 140 Å². The van der Waals surface area contributed by atoms with Crippen LogP contribution in [-0.4, -0.2) is 43.8 Å². The average Bonchev–Trinajstić information content (AvgIpc) is 3.10. The van der Waals surface area contributed by atoms with E-state index in [2.05, 4.69) is 16.3 Å². The predicted molar refractivity (Wildman–Crippen MR) is 89.3 cm³/mol. The minimum absolute atomic E-state index is 0.134. The van der Waals surface area contributed by atoms with Crippen LogP contribution >= 0.6 is 0 Å². The lowest BCUT2D eigenvalue weighted by molar-refractivity contribution is -0.133. The smallest absolute Gasteiger partial charge is 0.233 e. The van der Waals surface area contributed by atoms with E-state index in [1.54, 1.807) is 18.5 Å². The molecule has 1 N–H and O–H groups in total. The second kappa shape index (κ2) is 6.11. The highest BCUT2D eigenvalue weighted by Gasteiger charge is 2.33. The topological polar surface area (TPSA) is 71.2 Å². The van der Waals surface area contributed by atoms with Gasteiger partial charge in [0.2, 0.25) is 5.91 Å². The molecule has 0 radical (unpaired) electrons. The number of rotatable bonds is 2. The summed E-state index contributed by atoms with van der Waals surface area (Å²) in [5.41, 5.74) is 2.06. The molecule has 124 valence electrons. The maximum Gasteiger partial charge on any atom is 0.233 e. The van der Waals surface area contributed by atoms with Gasteiger partial charge in [-0.25, -0.2) is 0 Å². The second-order valence-electron chi connectivity index (χ2n) is 6.41. The van der Waals surface area contributed by atoms with E-state index in [9.17, 15) is 9.90 Å². The van der Waals surface area contributed by atoms with Gasteiger partial charge in [0.05, 0.1) is 5.92 Å². The molecule has 24 heavy (non-hydrogen) atoms. The third kappa shape index (κ3) is 2.68. The molecule has 4 rings (SSSR count). The van der Waals surface area contributed by atoms with Gasteiger partial charge in [-0.2, -0.15) is 0 Å². The number of amides is 1. The first-order valence-corrected chi connectivity index (χ1v) is 8.37. The third-order valence-electron chi connectivity index (χ3n) is 4.83. The van der Waals surface area contributed by atoms with Gasteiger partial charge in [0, 0.05) is 19.6 Å². The highest BCUT2D eigenvalue weighted by molar-refractivity contribution is 5.85. The fourth-order valence-electron chi connectivity index (χ4n) is 3.60. The molecular formula is C18H20N4O2. The molecule has 2 aliphatic heterocycles. The maximum absolute atomic E-state index is 13.0. The van der Waals surface area contributed by atoms with Gasteiger partial charge in [0.15, 0.2) is 0 Å². The number of nitrogens with zero attached hydrogens (tertiary/aromatic N) is 4. The van der Waals surface area contributed by atoms with Crippen LogP contribution < -0.4 is 0 Å². The summed E-state index contributed by atoms with van der Waals surface area (Å²) in [5, 5.41) is 17.8. The zero-order chi connectivity index (χ0) is 16.5. The van der Waals surface area contributed by atoms with Crippen molar-refractivity contribution in [2.24, 2.45) is 0 Å². The summed E-state index contributed by atoms with van der Waals surface area (Å²) >= 11 is 0. The fourth-order valence-corrected chi connectivity index (χ4v) is 3.60. The minimum Gasteiger partial charge on any atom is -0.508 e. The zero-order valence-corrected chi connectivity index (χ0v) is 13.4. The van der Waals surface area contributed by atoms with Crippen LogP contribution in [0.15, 0.2) is 36.7 Å². The fraction of sp³-hybridized carbons (Fsp3) is 0.389. The number of fused-ring (bicyclic) bond motifs is 1. The number of hydrogen-bond acceptors (Lipinski definition) is 4. The Bertz CT molecular complexity index is 796. The van der Waals surface area contributed by atoms with E-state index in [1.165, 1.54) is 0 Å². The van der Waals surface area contributed by atoms with Crippen molar-refractivity contribution >= 4 is 11.5 Å². The molecule has 2 aliphatic rings. The highest BCUT2D eigenvalue weighted by Crippen LogP contribution is 2.30. The molecule has 0 spiro atoms. The van der Waals surface area contributed by atoms with Crippen LogP contribution in [0.1, 0.15) is 36.6 Å². The van der Waals surface area contributed by atoms with Crippen molar-refractivity contribution in [1.29, 1.82) is 0 Å². The molecule has 0 saturated heterocycles. The quantitative estimate of drug-likeness (QED) is 0.919. The van der Waals surface area contributed by atoms with Gasteiger partial charge < -0.3 is 14.6 Å². The van der Waals surface area contributed by atoms with E-state index in [1.807, 2.05) is 21.6 Å². The number of hydrogen-bond donors (Lipinski definition) is 1. The van der Waals surface area contributed by atoms with Crippen LogP contribution in [0.3, 0.4) is 0 Å². The number of aryl methyl sites for hydroxylation is 1. The Kier molecular flexibility index (Phi) is 3.80. The van der Waals surface area contributed by atoms with E-state index >= 15 is 0 Å². The molecule has 3 heterocycles.